The number of carbonyl (C=O) groups excluding carboxylic acids is 1. The van der Waals surface area contributed by atoms with Crippen LogP contribution in [0.5, 0.6) is 0 Å². The molecular weight excluding hydrogens is 235 g/mol. The van der Waals surface area contributed by atoms with Gasteiger partial charge in [0.15, 0.2) is 0 Å². The lowest BCUT2D eigenvalue weighted by Gasteiger charge is -2.13. The van der Waals surface area contributed by atoms with Gasteiger partial charge in [-0.1, -0.05) is 30.3 Å². The number of halogens is 3. The molecule has 0 heterocycles. The van der Waals surface area contributed by atoms with Crippen LogP contribution in [0.4, 0.5) is 13.2 Å². The molecule has 0 saturated carbocycles. The van der Waals surface area contributed by atoms with Crippen LogP contribution in [-0.2, 0) is 16.1 Å². The summed E-state index contributed by atoms with van der Waals surface area (Å²) in [7, 11) is 0. The summed E-state index contributed by atoms with van der Waals surface area (Å²) in [6, 6.07) is 6.97. The van der Waals surface area contributed by atoms with E-state index in [1.807, 2.05) is 0 Å². The normalized spacial score (nSPS) is 13.2. The first-order chi connectivity index (χ1) is 7.88. The van der Waals surface area contributed by atoms with E-state index >= 15 is 0 Å². The number of rotatable bonds is 4. The summed E-state index contributed by atoms with van der Waals surface area (Å²) in [5.74, 6) is -1.05. The molecule has 0 aliphatic carbocycles. The Hall–Kier alpha value is -1.56. The van der Waals surface area contributed by atoms with E-state index in [0.29, 0.717) is 5.56 Å². The molecule has 94 valence electrons. The molecule has 1 rings (SSSR count). The average molecular weight is 247 g/mol. The third-order valence-electron chi connectivity index (χ3n) is 1.98. The van der Waals surface area contributed by atoms with Crippen molar-refractivity contribution in [3.05, 3.63) is 35.9 Å². The van der Waals surface area contributed by atoms with E-state index in [-0.39, 0.29) is 6.61 Å². The van der Waals surface area contributed by atoms with Crippen molar-refractivity contribution in [2.75, 3.05) is 0 Å². The van der Waals surface area contributed by atoms with E-state index < -0.39 is 24.6 Å². The molecule has 2 N–H and O–H groups in total. The lowest BCUT2D eigenvalue weighted by atomic mass is 10.2. The van der Waals surface area contributed by atoms with Gasteiger partial charge in [-0.2, -0.15) is 13.2 Å². The fourth-order valence-electron chi connectivity index (χ4n) is 1.17. The lowest BCUT2D eigenvalue weighted by Crippen LogP contribution is -2.36. The summed E-state index contributed by atoms with van der Waals surface area (Å²) in [4.78, 5) is 11.1. The number of hydrogen-bond acceptors (Lipinski definition) is 3. The molecule has 0 amide bonds. The minimum atomic E-state index is -4.47. The Morgan fingerprint density at radius 1 is 1.29 bits per heavy atom. The van der Waals surface area contributed by atoms with E-state index in [9.17, 15) is 18.0 Å². The van der Waals surface area contributed by atoms with Gasteiger partial charge in [-0.05, 0) is 5.56 Å². The summed E-state index contributed by atoms with van der Waals surface area (Å²) in [6.45, 7) is -0.0781. The molecule has 0 radical (unpaired) electrons. The Morgan fingerprint density at radius 2 is 1.88 bits per heavy atom. The molecule has 0 aliphatic rings. The summed E-state index contributed by atoms with van der Waals surface area (Å²) in [5, 5.41) is 0. The minimum absolute atomic E-state index is 0.0781. The van der Waals surface area contributed by atoms with Crippen LogP contribution in [-0.4, -0.2) is 18.2 Å². The zero-order valence-corrected chi connectivity index (χ0v) is 8.91. The third kappa shape index (κ3) is 5.35. The van der Waals surface area contributed by atoms with Crippen molar-refractivity contribution in [3.63, 3.8) is 0 Å². The molecule has 0 unspecified atom stereocenters. The highest BCUT2D eigenvalue weighted by Gasteiger charge is 2.34. The van der Waals surface area contributed by atoms with Crippen molar-refractivity contribution in [2.45, 2.75) is 25.2 Å². The van der Waals surface area contributed by atoms with Crippen LogP contribution in [0, 0.1) is 0 Å². The quantitative estimate of drug-likeness (QED) is 0.828. The fourth-order valence-corrected chi connectivity index (χ4v) is 1.17. The highest BCUT2D eigenvalue weighted by molar-refractivity contribution is 5.75. The second-order valence-corrected chi connectivity index (χ2v) is 3.52. The van der Waals surface area contributed by atoms with Crippen molar-refractivity contribution in [2.24, 2.45) is 5.73 Å². The van der Waals surface area contributed by atoms with Crippen LogP contribution in [0.25, 0.3) is 0 Å². The molecule has 1 aromatic carbocycles. The Bertz CT molecular complexity index is 365. The summed E-state index contributed by atoms with van der Waals surface area (Å²) < 4.78 is 40.5. The molecule has 6 heteroatoms. The first-order valence-electron chi connectivity index (χ1n) is 4.91. The van der Waals surface area contributed by atoms with Gasteiger partial charge in [0.25, 0.3) is 0 Å². The van der Waals surface area contributed by atoms with Crippen molar-refractivity contribution < 1.29 is 22.7 Å². The van der Waals surface area contributed by atoms with E-state index in [0.717, 1.165) is 0 Å². The minimum Gasteiger partial charge on any atom is -0.460 e. The number of ether oxygens (including phenoxy) is 1. The van der Waals surface area contributed by atoms with E-state index in [2.05, 4.69) is 4.74 Å². The van der Waals surface area contributed by atoms with Gasteiger partial charge >= 0.3 is 12.1 Å². The van der Waals surface area contributed by atoms with Gasteiger partial charge in [0.2, 0.25) is 0 Å². The smallest absolute Gasteiger partial charge is 0.391 e. The second-order valence-electron chi connectivity index (χ2n) is 3.52. The average Bonchev–Trinajstić information content (AvgIpc) is 2.25. The van der Waals surface area contributed by atoms with Gasteiger partial charge < -0.3 is 10.5 Å². The summed E-state index contributed by atoms with van der Waals surface area (Å²) in [6.07, 6.45) is -5.84. The maximum atomic E-state index is 11.9. The molecular formula is C11H12F3NO2. The number of hydrogen-bond donors (Lipinski definition) is 1. The van der Waals surface area contributed by atoms with Gasteiger partial charge in [-0.3, -0.25) is 4.79 Å². The fraction of sp³-hybridized carbons (Fsp3) is 0.364. The van der Waals surface area contributed by atoms with Crippen LogP contribution in [0.1, 0.15) is 12.0 Å². The first kappa shape index (κ1) is 13.5. The van der Waals surface area contributed by atoms with Crippen molar-refractivity contribution in [3.8, 4) is 0 Å². The van der Waals surface area contributed by atoms with Crippen LogP contribution < -0.4 is 5.73 Å². The van der Waals surface area contributed by atoms with E-state index in [4.69, 9.17) is 5.73 Å². The van der Waals surface area contributed by atoms with Crippen LogP contribution >= 0.6 is 0 Å². The molecule has 1 atom stereocenters. The molecule has 0 saturated heterocycles. The summed E-state index contributed by atoms with van der Waals surface area (Å²) in [5.41, 5.74) is 5.77. The molecule has 0 aromatic heterocycles. The van der Waals surface area contributed by atoms with Crippen molar-refractivity contribution >= 4 is 5.97 Å². The van der Waals surface area contributed by atoms with Crippen LogP contribution in [0.3, 0.4) is 0 Å². The van der Waals surface area contributed by atoms with Crippen molar-refractivity contribution in [1.82, 2.24) is 0 Å². The van der Waals surface area contributed by atoms with Gasteiger partial charge in [0, 0.05) is 0 Å². The first-order valence-corrected chi connectivity index (χ1v) is 4.91. The monoisotopic (exact) mass is 247 g/mol. The standard InChI is InChI=1S/C11H12F3NO2/c12-11(13,14)6-9(15)10(16)17-7-8-4-2-1-3-5-8/h1-5,9H,6-7,15H2/t9-/m0/s1. The predicted octanol–water partition coefficient (Wildman–Crippen LogP) is 2.01. The zero-order chi connectivity index (χ0) is 12.9. The summed E-state index contributed by atoms with van der Waals surface area (Å²) >= 11 is 0. The van der Waals surface area contributed by atoms with E-state index in [1.165, 1.54) is 0 Å². The topological polar surface area (TPSA) is 52.3 Å². The molecule has 3 nitrogen and oxygen atoms in total. The van der Waals surface area contributed by atoms with Gasteiger partial charge in [0.1, 0.15) is 12.6 Å². The number of esters is 1. The van der Waals surface area contributed by atoms with Gasteiger partial charge in [0.05, 0.1) is 6.42 Å². The maximum Gasteiger partial charge on any atom is 0.391 e. The number of benzene rings is 1. The Labute approximate surface area is 96.4 Å². The largest absolute Gasteiger partial charge is 0.460 e. The number of nitrogens with two attached hydrogens (primary N) is 1. The third-order valence-corrected chi connectivity index (χ3v) is 1.98. The van der Waals surface area contributed by atoms with Crippen molar-refractivity contribution in [1.29, 1.82) is 0 Å². The Kier molecular flexibility index (Phi) is 4.51. The second kappa shape index (κ2) is 5.67. The highest BCUT2D eigenvalue weighted by Crippen LogP contribution is 2.21. The molecule has 0 aliphatic heterocycles. The number of alkyl halides is 3. The molecule has 17 heavy (non-hydrogen) atoms. The Morgan fingerprint density at radius 3 is 2.41 bits per heavy atom. The lowest BCUT2D eigenvalue weighted by molar-refractivity contribution is -0.161. The molecule has 0 bridgehead atoms. The molecule has 1 aromatic rings. The van der Waals surface area contributed by atoms with Gasteiger partial charge in [-0.25, -0.2) is 0 Å². The predicted molar refractivity (Wildman–Crippen MR) is 54.9 cm³/mol. The maximum absolute atomic E-state index is 11.9. The molecule has 0 fully saturated rings. The van der Waals surface area contributed by atoms with E-state index in [1.54, 1.807) is 30.3 Å². The SMILES string of the molecule is N[C@@H](CC(F)(F)F)C(=O)OCc1ccccc1. The highest BCUT2D eigenvalue weighted by atomic mass is 19.4. The molecule has 0 spiro atoms. The number of carbonyl (C=O) groups is 1. The zero-order valence-electron chi connectivity index (χ0n) is 8.91. The van der Waals surface area contributed by atoms with Gasteiger partial charge in [-0.15, -0.1) is 0 Å². The van der Waals surface area contributed by atoms with Crippen LogP contribution in [0.2, 0.25) is 0 Å². The Balaban J connectivity index is 2.40. The van der Waals surface area contributed by atoms with Crippen LogP contribution in [0.15, 0.2) is 30.3 Å².